The minimum Gasteiger partial charge on any atom is -0.326 e. The molecule has 0 fully saturated rings. The van der Waals surface area contributed by atoms with Gasteiger partial charge in [-0.3, -0.25) is 4.55 Å². The lowest BCUT2D eigenvalue weighted by molar-refractivity contribution is -0.407. The van der Waals surface area contributed by atoms with E-state index in [1.54, 1.807) is 20.8 Å². The smallest absolute Gasteiger partial charge is 0.326 e. The molecule has 0 aliphatic heterocycles. The van der Waals surface area contributed by atoms with Gasteiger partial charge in [-0.1, -0.05) is 71.1 Å². The first kappa shape index (κ1) is 27.8. The van der Waals surface area contributed by atoms with E-state index in [0.717, 1.165) is 19.3 Å². The second-order valence-corrected chi connectivity index (χ2v) is 7.93. The quantitative estimate of drug-likeness (QED) is 0.161. The highest BCUT2D eigenvalue weighted by molar-refractivity contribution is 7.80. The van der Waals surface area contributed by atoms with E-state index in [4.69, 9.17) is 18.4 Å². The Hall–Kier alpha value is -0.250. The van der Waals surface area contributed by atoms with E-state index < -0.39 is 22.5 Å². The molecule has 1 unspecified atom stereocenters. The van der Waals surface area contributed by atoms with Crippen molar-refractivity contribution in [2.75, 3.05) is 19.8 Å². The topological polar surface area (TPSA) is 91.3 Å². The monoisotopic (exact) mass is 426 g/mol. The lowest BCUT2D eigenvalue weighted by Gasteiger charge is -2.37. The summed E-state index contributed by atoms with van der Waals surface area (Å²) in [6, 6.07) is 0. The van der Waals surface area contributed by atoms with Crippen LogP contribution < -0.4 is 0 Å². The predicted molar refractivity (Wildman–Crippen MR) is 110 cm³/mol. The van der Waals surface area contributed by atoms with Gasteiger partial charge in [0, 0.05) is 19.8 Å². The highest BCUT2D eigenvalue weighted by Crippen LogP contribution is 2.28. The van der Waals surface area contributed by atoms with Crippen LogP contribution in [0.3, 0.4) is 0 Å². The van der Waals surface area contributed by atoms with Crippen molar-refractivity contribution in [2.45, 2.75) is 110 Å². The van der Waals surface area contributed by atoms with Crippen LogP contribution in [0.4, 0.5) is 0 Å². The first-order valence-corrected chi connectivity index (χ1v) is 12.3. The Morgan fingerprint density at radius 2 is 1.11 bits per heavy atom. The minimum atomic E-state index is -4.66. The van der Waals surface area contributed by atoms with Gasteiger partial charge in [-0.25, -0.2) is 4.18 Å². The summed E-state index contributed by atoms with van der Waals surface area (Å²) >= 11 is 0. The molecule has 0 bridgehead atoms. The highest BCUT2D eigenvalue weighted by atomic mass is 32.3. The van der Waals surface area contributed by atoms with Crippen LogP contribution >= 0.6 is 0 Å². The molecular weight excluding hydrogens is 384 g/mol. The fraction of sp³-hybridized carbons (Fsp3) is 1.00. The van der Waals surface area contributed by atoms with E-state index in [1.165, 1.54) is 44.9 Å². The number of ether oxygens (including phenoxy) is 3. The summed E-state index contributed by atoms with van der Waals surface area (Å²) in [5, 5.41) is 0. The third kappa shape index (κ3) is 13.1. The van der Waals surface area contributed by atoms with E-state index in [2.05, 4.69) is 6.92 Å². The molecule has 1 atom stereocenters. The van der Waals surface area contributed by atoms with E-state index in [1.807, 2.05) is 0 Å². The van der Waals surface area contributed by atoms with Gasteiger partial charge >= 0.3 is 16.4 Å². The molecule has 0 heterocycles. The van der Waals surface area contributed by atoms with Crippen molar-refractivity contribution >= 4 is 10.4 Å². The second kappa shape index (κ2) is 16.5. The first-order chi connectivity index (χ1) is 13.3. The standard InChI is InChI=1S/C20H42O7S/c1-5-9-10-11-12-13-14-15-16-17-18-19(27-28(21,22)23)20(24-6-2,25-7-3)26-8-4/h19H,5-18H2,1-4H3,(H,21,22,23). The average Bonchev–Trinajstić information content (AvgIpc) is 2.62. The van der Waals surface area contributed by atoms with Crippen molar-refractivity contribution in [2.24, 2.45) is 0 Å². The first-order valence-electron chi connectivity index (χ1n) is 10.9. The molecule has 1 N–H and O–H groups in total. The molecule has 0 amide bonds. The number of unbranched alkanes of at least 4 members (excludes halogenated alkanes) is 9. The molecule has 0 aromatic heterocycles. The molecule has 0 aliphatic carbocycles. The normalized spacial score (nSPS) is 13.8. The zero-order valence-corrected chi connectivity index (χ0v) is 19.1. The Morgan fingerprint density at radius 1 is 0.714 bits per heavy atom. The highest BCUT2D eigenvalue weighted by Gasteiger charge is 2.45. The van der Waals surface area contributed by atoms with E-state index in [-0.39, 0.29) is 19.8 Å². The Morgan fingerprint density at radius 3 is 1.46 bits per heavy atom. The zero-order chi connectivity index (χ0) is 21.3. The summed E-state index contributed by atoms with van der Waals surface area (Å²) in [7, 11) is -4.66. The maximum atomic E-state index is 11.3. The van der Waals surface area contributed by atoms with Crippen molar-refractivity contribution in [3.05, 3.63) is 0 Å². The van der Waals surface area contributed by atoms with Crippen molar-refractivity contribution < 1.29 is 31.4 Å². The molecule has 0 saturated heterocycles. The maximum Gasteiger partial charge on any atom is 0.397 e. The Kier molecular flexibility index (Phi) is 16.4. The minimum absolute atomic E-state index is 0.253. The molecule has 28 heavy (non-hydrogen) atoms. The number of hydrogen-bond acceptors (Lipinski definition) is 6. The summed E-state index contributed by atoms with van der Waals surface area (Å²) in [6.45, 7) is 8.26. The summed E-state index contributed by atoms with van der Waals surface area (Å²) in [4.78, 5) is 0. The Bertz CT molecular complexity index is 436. The molecule has 170 valence electrons. The number of rotatable bonds is 20. The van der Waals surface area contributed by atoms with Gasteiger partial charge in [-0.2, -0.15) is 8.42 Å². The van der Waals surface area contributed by atoms with Gasteiger partial charge in [0.25, 0.3) is 0 Å². The average molecular weight is 427 g/mol. The van der Waals surface area contributed by atoms with Crippen LogP contribution in [-0.2, 0) is 28.8 Å². The van der Waals surface area contributed by atoms with Crippen LogP contribution in [0.25, 0.3) is 0 Å². The van der Waals surface area contributed by atoms with Gasteiger partial charge in [-0.05, 0) is 27.2 Å². The van der Waals surface area contributed by atoms with Crippen LogP contribution in [-0.4, -0.2) is 44.9 Å². The molecule has 0 aromatic carbocycles. The van der Waals surface area contributed by atoms with Gasteiger partial charge in [0.05, 0.1) is 0 Å². The molecule has 7 nitrogen and oxygen atoms in total. The van der Waals surface area contributed by atoms with Gasteiger partial charge < -0.3 is 14.2 Å². The van der Waals surface area contributed by atoms with Crippen molar-refractivity contribution in [3.8, 4) is 0 Å². The number of hydrogen-bond donors (Lipinski definition) is 1. The molecule has 8 heteroatoms. The fourth-order valence-electron chi connectivity index (χ4n) is 3.26. The lowest BCUT2D eigenvalue weighted by Crippen LogP contribution is -2.52. The van der Waals surface area contributed by atoms with Gasteiger partial charge in [0.15, 0.2) is 6.10 Å². The van der Waals surface area contributed by atoms with Crippen molar-refractivity contribution in [3.63, 3.8) is 0 Å². The zero-order valence-electron chi connectivity index (χ0n) is 18.3. The van der Waals surface area contributed by atoms with Crippen LogP contribution in [0, 0.1) is 0 Å². The van der Waals surface area contributed by atoms with Crippen LogP contribution in [0.5, 0.6) is 0 Å². The second-order valence-electron chi connectivity index (χ2n) is 6.89. The molecule has 0 aromatic rings. The third-order valence-corrected chi connectivity index (χ3v) is 4.96. The van der Waals surface area contributed by atoms with Gasteiger partial charge in [0.1, 0.15) is 0 Å². The molecule has 0 aliphatic rings. The van der Waals surface area contributed by atoms with Crippen LogP contribution in [0.15, 0.2) is 0 Å². The maximum absolute atomic E-state index is 11.3. The summed E-state index contributed by atoms with van der Waals surface area (Å²) in [6.07, 6.45) is 10.9. The molecule has 0 rings (SSSR count). The summed E-state index contributed by atoms with van der Waals surface area (Å²) in [5.41, 5.74) is 0. The van der Waals surface area contributed by atoms with E-state index in [0.29, 0.717) is 6.42 Å². The fourth-order valence-corrected chi connectivity index (χ4v) is 3.76. The van der Waals surface area contributed by atoms with Crippen molar-refractivity contribution in [1.82, 2.24) is 0 Å². The molecule has 0 saturated carbocycles. The van der Waals surface area contributed by atoms with E-state index in [9.17, 15) is 13.0 Å². The SMILES string of the molecule is CCCCCCCCCCCCC(OS(=O)(=O)O)C(OCC)(OCC)OCC. The largest absolute Gasteiger partial charge is 0.397 e. The summed E-state index contributed by atoms with van der Waals surface area (Å²) < 4.78 is 53.6. The van der Waals surface area contributed by atoms with E-state index >= 15 is 0 Å². The third-order valence-electron chi connectivity index (χ3n) is 4.49. The molecular formula is C20H42O7S. The van der Waals surface area contributed by atoms with Crippen LogP contribution in [0.1, 0.15) is 98.3 Å². The Labute approximate surface area is 172 Å². The molecule has 0 radical (unpaired) electrons. The molecule has 0 spiro atoms. The van der Waals surface area contributed by atoms with Gasteiger partial charge in [-0.15, -0.1) is 0 Å². The van der Waals surface area contributed by atoms with Crippen molar-refractivity contribution in [1.29, 1.82) is 0 Å². The Balaban J connectivity index is 4.59. The van der Waals surface area contributed by atoms with Crippen LogP contribution in [0.2, 0.25) is 0 Å². The lowest BCUT2D eigenvalue weighted by atomic mass is 10.0. The van der Waals surface area contributed by atoms with Gasteiger partial charge in [0.2, 0.25) is 0 Å². The summed E-state index contributed by atoms with van der Waals surface area (Å²) in [5.74, 6) is -1.65. The predicted octanol–water partition coefficient (Wildman–Crippen LogP) is 5.25.